The highest BCUT2D eigenvalue weighted by Crippen LogP contribution is 2.41. The van der Waals surface area contributed by atoms with Gasteiger partial charge in [0.15, 0.2) is 11.5 Å². The fourth-order valence-electron chi connectivity index (χ4n) is 1.94. The van der Waals surface area contributed by atoms with Gasteiger partial charge in [-0.15, -0.1) is 11.3 Å². The summed E-state index contributed by atoms with van der Waals surface area (Å²) in [6.45, 7) is 4.89. The lowest BCUT2D eigenvalue weighted by Gasteiger charge is -2.17. The summed E-state index contributed by atoms with van der Waals surface area (Å²) < 4.78 is 11.9. The first kappa shape index (κ1) is 16.6. The Hall–Kier alpha value is -0.750. The quantitative estimate of drug-likeness (QED) is 0.749. The molecule has 0 spiro atoms. The van der Waals surface area contributed by atoms with E-state index >= 15 is 0 Å². The van der Waals surface area contributed by atoms with Crippen molar-refractivity contribution in [3.8, 4) is 11.5 Å². The van der Waals surface area contributed by atoms with Crippen molar-refractivity contribution < 1.29 is 14.6 Å². The van der Waals surface area contributed by atoms with E-state index in [9.17, 15) is 5.11 Å². The Labute approximate surface area is 141 Å². The third-order valence-electron chi connectivity index (χ3n) is 2.85. The van der Waals surface area contributed by atoms with Gasteiger partial charge in [-0.3, -0.25) is 0 Å². The van der Waals surface area contributed by atoms with Gasteiger partial charge >= 0.3 is 0 Å². The van der Waals surface area contributed by atoms with Crippen LogP contribution < -0.4 is 9.47 Å². The molecular formula is C15H16BrClO3S. The average Bonchev–Trinajstić information content (AvgIpc) is 2.87. The van der Waals surface area contributed by atoms with Gasteiger partial charge in [-0.1, -0.05) is 27.5 Å². The van der Waals surface area contributed by atoms with Crippen LogP contribution in [0, 0.1) is 0 Å². The number of halogens is 2. The molecule has 0 fully saturated rings. The minimum absolute atomic E-state index is 0.525. The Kier molecular flexibility index (Phi) is 5.93. The highest BCUT2D eigenvalue weighted by molar-refractivity contribution is 9.10. The number of hydrogen-bond donors (Lipinski definition) is 1. The predicted molar refractivity (Wildman–Crippen MR) is 89.9 cm³/mol. The van der Waals surface area contributed by atoms with Crippen LogP contribution in [0.4, 0.5) is 0 Å². The van der Waals surface area contributed by atoms with E-state index in [1.54, 1.807) is 12.1 Å². The molecule has 0 bridgehead atoms. The van der Waals surface area contributed by atoms with Crippen molar-refractivity contribution in [2.24, 2.45) is 0 Å². The van der Waals surface area contributed by atoms with Gasteiger partial charge in [0.1, 0.15) is 6.10 Å². The van der Waals surface area contributed by atoms with Gasteiger partial charge in [-0.05, 0) is 37.4 Å². The lowest BCUT2D eigenvalue weighted by molar-refractivity contribution is 0.221. The Morgan fingerprint density at radius 3 is 2.38 bits per heavy atom. The first-order chi connectivity index (χ1) is 10.1. The maximum Gasteiger partial charge on any atom is 0.162 e. The summed E-state index contributed by atoms with van der Waals surface area (Å²) in [5.41, 5.74) is 0.700. The number of rotatable bonds is 6. The van der Waals surface area contributed by atoms with Crippen molar-refractivity contribution in [2.75, 3.05) is 13.2 Å². The highest BCUT2D eigenvalue weighted by Gasteiger charge is 2.21. The molecule has 1 unspecified atom stereocenters. The van der Waals surface area contributed by atoms with Crippen LogP contribution in [-0.4, -0.2) is 18.3 Å². The van der Waals surface area contributed by atoms with E-state index in [-0.39, 0.29) is 0 Å². The predicted octanol–water partition coefficient (Wildman–Crippen LogP) is 5.04. The van der Waals surface area contributed by atoms with Gasteiger partial charge in [0, 0.05) is 10.0 Å². The Balaban J connectivity index is 2.44. The van der Waals surface area contributed by atoms with Crippen LogP contribution in [-0.2, 0) is 0 Å². The molecule has 1 heterocycles. The summed E-state index contributed by atoms with van der Waals surface area (Å²) in [4.78, 5) is 0.712. The van der Waals surface area contributed by atoms with Crippen molar-refractivity contribution in [2.45, 2.75) is 20.0 Å². The molecule has 1 N–H and O–H groups in total. The standard InChI is InChI=1S/C15H16BrClO3S/c1-3-19-12-7-9(10(16)8-13(12)20-4-2)14(18)15-11(17)5-6-21-15/h5-8,14,18H,3-4H2,1-2H3. The average molecular weight is 392 g/mol. The van der Waals surface area contributed by atoms with Crippen LogP contribution in [0.5, 0.6) is 11.5 Å². The summed E-state index contributed by atoms with van der Waals surface area (Å²) in [5.74, 6) is 1.27. The lowest BCUT2D eigenvalue weighted by atomic mass is 10.1. The summed E-state index contributed by atoms with van der Waals surface area (Å²) in [6.07, 6.45) is -0.804. The van der Waals surface area contributed by atoms with E-state index in [2.05, 4.69) is 15.9 Å². The molecule has 0 aliphatic carbocycles. The summed E-state index contributed by atoms with van der Waals surface area (Å²) in [5, 5.41) is 13.0. The zero-order valence-electron chi connectivity index (χ0n) is 11.7. The van der Waals surface area contributed by atoms with Crippen LogP contribution >= 0.6 is 38.9 Å². The van der Waals surface area contributed by atoms with Crippen LogP contribution in [0.3, 0.4) is 0 Å². The Morgan fingerprint density at radius 2 is 1.86 bits per heavy atom. The Morgan fingerprint density at radius 1 is 1.24 bits per heavy atom. The lowest BCUT2D eigenvalue weighted by Crippen LogP contribution is -2.03. The maximum absolute atomic E-state index is 10.6. The molecule has 0 saturated carbocycles. The van der Waals surface area contributed by atoms with Gasteiger partial charge in [0.25, 0.3) is 0 Å². The molecule has 21 heavy (non-hydrogen) atoms. The second-order valence-electron chi connectivity index (χ2n) is 4.22. The van der Waals surface area contributed by atoms with Gasteiger partial charge in [-0.25, -0.2) is 0 Å². The fourth-order valence-corrected chi connectivity index (χ4v) is 3.64. The third kappa shape index (κ3) is 3.72. The number of aliphatic hydroxyl groups excluding tert-OH is 1. The van der Waals surface area contributed by atoms with E-state index < -0.39 is 6.10 Å². The summed E-state index contributed by atoms with van der Waals surface area (Å²) >= 11 is 11.0. The number of hydrogen-bond acceptors (Lipinski definition) is 4. The zero-order valence-corrected chi connectivity index (χ0v) is 14.9. The van der Waals surface area contributed by atoms with Crippen LogP contribution in [0.2, 0.25) is 5.02 Å². The van der Waals surface area contributed by atoms with E-state index in [0.717, 1.165) is 4.47 Å². The topological polar surface area (TPSA) is 38.7 Å². The normalized spacial score (nSPS) is 12.2. The van der Waals surface area contributed by atoms with Gasteiger partial charge < -0.3 is 14.6 Å². The Bertz CT molecular complexity index is 615. The molecule has 114 valence electrons. The zero-order chi connectivity index (χ0) is 15.4. The molecule has 0 aliphatic rings. The van der Waals surface area contributed by atoms with Crippen molar-refractivity contribution in [3.63, 3.8) is 0 Å². The molecule has 1 aromatic heterocycles. The first-order valence-corrected chi connectivity index (χ1v) is 8.63. The highest BCUT2D eigenvalue weighted by atomic mass is 79.9. The van der Waals surface area contributed by atoms with Crippen LogP contribution in [0.15, 0.2) is 28.1 Å². The molecule has 0 aliphatic heterocycles. The first-order valence-electron chi connectivity index (χ1n) is 6.58. The van der Waals surface area contributed by atoms with E-state index in [0.29, 0.717) is 40.2 Å². The summed E-state index contributed by atoms with van der Waals surface area (Å²) in [7, 11) is 0. The van der Waals surface area contributed by atoms with Crippen molar-refractivity contribution in [1.82, 2.24) is 0 Å². The van der Waals surface area contributed by atoms with Crippen LogP contribution in [0.1, 0.15) is 30.4 Å². The van der Waals surface area contributed by atoms with Crippen molar-refractivity contribution in [1.29, 1.82) is 0 Å². The molecule has 0 amide bonds. The summed E-state index contributed by atoms with van der Waals surface area (Å²) in [6, 6.07) is 5.38. The van der Waals surface area contributed by atoms with Gasteiger partial charge in [0.05, 0.1) is 23.1 Å². The molecule has 0 saturated heterocycles. The minimum atomic E-state index is -0.804. The van der Waals surface area contributed by atoms with Gasteiger partial charge in [0.2, 0.25) is 0 Å². The molecule has 2 rings (SSSR count). The largest absolute Gasteiger partial charge is 0.490 e. The second kappa shape index (κ2) is 7.49. The smallest absolute Gasteiger partial charge is 0.162 e. The van der Waals surface area contributed by atoms with Crippen molar-refractivity contribution in [3.05, 3.63) is 43.5 Å². The molecule has 3 nitrogen and oxygen atoms in total. The molecule has 2 aromatic rings. The van der Waals surface area contributed by atoms with E-state index in [1.165, 1.54) is 11.3 Å². The molecule has 1 aromatic carbocycles. The number of aliphatic hydroxyl groups is 1. The maximum atomic E-state index is 10.6. The minimum Gasteiger partial charge on any atom is -0.490 e. The molecule has 6 heteroatoms. The number of thiophene rings is 1. The second-order valence-corrected chi connectivity index (χ2v) is 6.43. The van der Waals surface area contributed by atoms with Crippen molar-refractivity contribution >= 4 is 38.9 Å². The fraction of sp³-hybridized carbons (Fsp3) is 0.333. The van der Waals surface area contributed by atoms with E-state index in [1.807, 2.05) is 25.3 Å². The molecule has 0 radical (unpaired) electrons. The van der Waals surface area contributed by atoms with Gasteiger partial charge in [-0.2, -0.15) is 0 Å². The van der Waals surface area contributed by atoms with Crippen LogP contribution in [0.25, 0.3) is 0 Å². The van der Waals surface area contributed by atoms with E-state index in [4.69, 9.17) is 21.1 Å². The monoisotopic (exact) mass is 390 g/mol. The third-order valence-corrected chi connectivity index (χ3v) is 4.95. The number of ether oxygens (including phenoxy) is 2. The SMILES string of the molecule is CCOc1cc(Br)c(C(O)c2sccc2Cl)cc1OCC. The number of benzene rings is 1. The molecule has 1 atom stereocenters. The molecular weight excluding hydrogens is 376 g/mol.